The van der Waals surface area contributed by atoms with Crippen molar-refractivity contribution in [3.8, 4) is 6.07 Å². The van der Waals surface area contributed by atoms with E-state index in [1.165, 1.54) is 0 Å². The van der Waals surface area contributed by atoms with Crippen molar-refractivity contribution in [2.75, 3.05) is 0 Å². The molecule has 1 amide bonds. The number of amides is 1. The summed E-state index contributed by atoms with van der Waals surface area (Å²) in [5, 5.41) is 12.2. The summed E-state index contributed by atoms with van der Waals surface area (Å²) in [5.74, 6) is -0.166. The molecule has 0 aliphatic rings. The zero-order valence-corrected chi connectivity index (χ0v) is 12.5. The zero-order chi connectivity index (χ0) is 14.5. The third-order valence-corrected chi connectivity index (χ3v) is 3.23. The van der Waals surface area contributed by atoms with Gasteiger partial charge in [-0.1, -0.05) is 20.8 Å². The Bertz CT molecular complexity index is 488. The van der Waals surface area contributed by atoms with Gasteiger partial charge in [-0.05, 0) is 19.1 Å². The van der Waals surface area contributed by atoms with Gasteiger partial charge in [0.1, 0.15) is 0 Å². The van der Waals surface area contributed by atoms with Crippen LogP contribution in [0.4, 0.5) is 0 Å². The van der Waals surface area contributed by atoms with Gasteiger partial charge in [0.15, 0.2) is 0 Å². The molecule has 1 aromatic rings. The normalized spacial score (nSPS) is 12.6. The van der Waals surface area contributed by atoms with Crippen LogP contribution in [0.5, 0.6) is 0 Å². The van der Waals surface area contributed by atoms with Crippen LogP contribution in [0.3, 0.4) is 0 Å². The second-order valence-corrected chi connectivity index (χ2v) is 7.18. The highest BCUT2D eigenvalue weighted by Crippen LogP contribution is 2.30. The fourth-order valence-electron chi connectivity index (χ4n) is 1.42. The van der Waals surface area contributed by atoms with Crippen molar-refractivity contribution in [1.29, 1.82) is 5.26 Å². The highest BCUT2D eigenvalue weighted by molar-refractivity contribution is 8.00. The van der Waals surface area contributed by atoms with Crippen molar-refractivity contribution in [2.24, 2.45) is 0 Å². The topological polar surface area (TPSA) is 65.8 Å². The Kier molecular flexibility index (Phi) is 5.37. The van der Waals surface area contributed by atoms with Gasteiger partial charge in [0, 0.05) is 22.5 Å². The summed E-state index contributed by atoms with van der Waals surface area (Å²) >= 11 is 1.62. The van der Waals surface area contributed by atoms with E-state index in [0.29, 0.717) is 12.0 Å². The molecule has 0 spiro atoms. The average molecular weight is 277 g/mol. The maximum absolute atomic E-state index is 12.0. The molecule has 1 heterocycles. The van der Waals surface area contributed by atoms with Crippen LogP contribution in [-0.2, 0) is 0 Å². The molecule has 0 aliphatic carbocycles. The molecule has 5 heteroatoms. The largest absolute Gasteiger partial charge is 0.349 e. The Hall–Kier alpha value is -1.54. The molecule has 0 radical (unpaired) electrons. The van der Waals surface area contributed by atoms with Crippen molar-refractivity contribution >= 4 is 17.7 Å². The summed E-state index contributed by atoms with van der Waals surface area (Å²) in [7, 11) is 0. The van der Waals surface area contributed by atoms with Crippen LogP contribution in [0.2, 0.25) is 0 Å². The van der Waals surface area contributed by atoms with Gasteiger partial charge in [-0.3, -0.25) is 4.79 Å². The Balaban J connectivity index is 2.76. The summed E-state index contributed by atoms with van der Waals surface area (Å²) in [4.78, 5) is 16.2. The number of carbonyl (C=O) groups is 1. The number of hydrogen-bond acceptors (Lipinski definition) is 4. The van der Waals surface area contributed by atoms with Crippen molar-refractivity contribution in [2.45, 2.75) is 49.9 Å². The number of nitriles is 1. The molecule has 0 saturated carbocycles. The summed E-state index contributed by atoms with van der Waals surface area (Å²) in [6, 6.07) is 5.35. The highest BCUT2D eigenvalue weighted by Gasteiger charge is 2.15. The molecule has 0 aliphatic heterocycles. The lowest BCUT2D eigenvalue weighted by molar-refractivity contribution is 0.0940. The first-order chi connectivity index (χ1) is 8.81. The van der Waals surface area contributed by atoms with E-state index in [0.717, 1.165) is 5.03 Å². The van der Waals surface area contributed by atoms with Crippen molar-refractivity contribution < 1.29 is 4.79 Å². The molecule has 0 saturated heterocycles. The van der Waals surface area contributed by atoms with Crippen LogP contribution < -0.4 is 5.32 Å². The molecule has 1 atom stereocenters. The Labute approximate surface area is 118 Å². The Morgan fingerprint density at radius 2 is 2.26 bits per heavy atom. The second kappa shape index (κ2) is 6.58. The van der Waals surface area contributed by atoms with Crippen LogP contribution in [0.1, 0.15) is 44.5 Å². The lowest BCUT2D eigenvalue weighted by Gasteiger charge is -2.17. The number of rotatable bonds is 4. The van der Waals surface area contributed by atoms with E-state index in [-0.39, 0.29) is 16.7 Å². The van der Waals surface area contributed by atoms with Gasteiger partial charge in [0.05, 0.1) is 17.5 Å². The van der Waals surface area contributed by atoms with E-state index in [1.54, 1.807) is 30.1 Å². The maximum Gasteiger partial charge on any atom is 0.251 e. The van der Waals surface area contributed by atoms with Crippen LogP contribution in [0.25, 0.3) is 0 Å². The molecular formula is C14H19N3OS. The predicted octanol–water partition coefficient (Wildman–Crippen LogP) is 3.00. The number of nitrogens with one attached hydrogen (secondary N) is 1. The molecule has 0 aromatic carbocycles. The third kappa shape index (κ3) is 5.75. The van der Waals surface area contributed by atoms with Gasteiger partial charge in [-0.15, -0.1) is 11.8 Å². The first-order valence-corrected chi connectivity index (χ1v) is 6.96. The number of hydrogen-bond donors (Lipinski definition) is 1. The molecular weight excluding hydrogens is 258 g/mol. The molecule has 4 nitrogen and oxygen atoms in total. The second-order valence-electron chi connectivity index (χ2n) is 5.33. The molecule has 0 bridgehead atoms. The van der Waals surface area contributed by atoms with Crippen LogP contribution in [0.15, 0.2) is 23.4 Å². The van der Waals surface area contributed by atoms with E-state index in [9.17, 15) is 4.79 Å². The van der Waals surface area contributed by atoms with Gasteiger partial charge in [0.2, 0.25) is 0 Å². The summed E-state index contributed by atoms with van der Waals surface area (Å²) < 4.78 is 0.0518. The molecule has 1 aromatic heterocycles. The quantitative estimate of drug-likeness (QED) is 0.859. The lowest BCUT2D eigenvalue weighted by atomic mass is 10.2. The maximum atomic E-state index is 12.0. The van der Waals surface area contributed by atoms with Gasteiger partial charge >= 0.3 is 0 Å². The van der Waals surface area contributed by atoms with E-state index >= 15 is 0 Å². The first kappa shape index (κ1) is 15.5. The third-order valence-electron chi connectivity index (χ3n) is 2.18. The Morgan fingerprint density at radius 1 is 1.58 bits per heavy atom. The fourth-order valence-corrected chi connectivity index (χ4v) is 2.34. The van der Waals surface area contributed by atoms with Crippen molar-refractivity contribution in [1.82, 2.24) is 10.3 Å². The minimum atomic E-state index is -0.166. The van der Waals surface area contributed by atoms with Gasteiger partial charge in [0.25, 0.3) is 5.91 Å². The molecule has 0 fully saturated rings. The van der Waals surface area contributed by atoms with Crippen molar-refractivity contribution in [3.05, 3.63) is 23.9 Å². The van der Waals surface area contributed by atoms with Crippen LogP contribution in [-0.4, -0.2) is 21.7 Å². The summed E-state index contributed by atoms with van der Waals surface area (Å²) in [5.41, 5.74) is 0.575. The molecule has 1 N–H and O–H groups in total. The van der Waals surface area contributed by atoms with Crippen LogP contribution >= 0.6 is 11.8 Å². The Morgan fingerprint density at radius 3 is 2.84 bits per heavy atom. The SMILES string of the molecule is C[C@@H](CC#N)NC(=O)c1ccnc(SC(C)(C)C)c1. The number of pyridine rings is 1. The number of thioether (sulfide) groups is 1. The van der Waals surface area contributed by atoms with Crippen molar-refractivity contribution in [3.63, 3.8) is 0 Å². The molecule has 1 rings (SSSR count). The van der Waals surface area contributed by atoms with Gasteiger partial charge in [-0.2, -0.15) is 5.26 Å². The van der Waals surface area contributed by atoms with E-state index in [1.807, 2.05) is 13.0 Å². The monoisotopic (exact) mass is 277 g/mol. The molecule has 0 unspecified atom stereocenters. The van der Waals surface area contributed by atoms with E-state index < -0.39 is 0 Å². The minimum absolute atomic E-state index is 0.0518. The fraction of sp³-hybridized carbons (Fsp3) is 0.500. The lowest BCUT2D eigenvalue weighted by Crippen LogP contribution is -2.32. The number of aromatic nitrogens is 1. The standard InChI is InChI=1S/C14H19N3OS/c1-10(5-7-15)17-13(18)11-6-8-16-12(9-11)19-14(2,3)4/h6,8-10H,5H2,1-4H3,(H,17,18)/t10-/m0/s1. The molecule has 102 valence electrons. The predicted molar refractivity (Wildman–Crippen MR) is 77.0 cm³/mol. The van der Waals surface area contributed by atoms with E-state index in [2.05, 4.69) is 31.1 Å². The summed E-state index contributed by atoms with van der Waals surface area (Å²) in [6.45, 7) is 8.11. The van der Waals surface area contributed by atoms with Gasteiger partial charge < -0.3 is 5.32 Å². The molecule has 19 heavy (non-hydrogen) atoms. The van der Waals surface area contributed by atoms with Crippen LogP contribution in [0, 0.1) is 11.3 Å². The smallest absolute Gasteiger partial charge is 0.251 e. The van der Waals surface area contributed by atoms with E-state index in [4.69, 9.17) is 5.26 Å². The minimum Gasteiger partial charge on any atom is -0.349 e. The number of nitrogens with zero attached hydrogens (tertiary/aromatic N) is 2. The number of carbonyl (C=O) groups excluding carboxylic acids is 1. The zero-order valence-electron chi connectivity index (χ0n) is 11.7. The van der Waals surface area contributed by atoms with Gasteiger partial charge in [-0.25, -0.2) is 4.98 Å². The first-order valence-electron chi connectivity index (χ1n) is 6.14. The highest BCUT2D eigenvalue weighted by atomic mass is 32.2. The summed E-state index contributed by atoms with van der Waals surface area (Å²) in [6.07, 6.45) is 1.94. The average Bonchev–Trinajstić information content (AvgIpc) is 2.27.